The molecule has 0 amide bonds. The van der Waals surface area contributed by atoms with Crippen molar-refractivity contribution in [3.8, 4) is 5.75 Å². The highest BCUT2D eigenvalue weighted by Gasteiger charge is 2.16. The minimum atomic E-state index is 0.525. The Morgan fingerprint density at radius 1 is 1.19 bits per heavy atom. The number of rotatable bonds is 2. The minimum absolute atomic E-state index is 0.525. The second kappa shape index (κ2) is 5.13. The first-order valence-electron chi connectivity index (χ1n) is 5.21. The van der Waals surface area contributed by atoms with Crippen molar-refractivity contribution in [1.29, 1.82) is 0 Å². The van der Waals surface area contributed by atoms with Gasteiger partial charge in [0, 0.05) is 32.2 Å². The van der Waals surface area contributed by atoms with Gasteiger partial charge in [-0.15, -0.1) is 0 Å². The van der Waals surface area contributed by atoms with Crippen LogP contribution >= 0.6 is 23.2 Å². The largest absolute Gasteiger partial charge is 0.495 e. The van der Waals surface area contributed by atoms with Gasteiger partial charge in [-0.1, -0.05) is 23.2 Å². The molecule has 1 saturated heterocycles. The molecule has 16 heavy (non-hydrogen) atoms. The van der Waals surface area contributed by atoms with E-state index in [2.05, 4.69) is 10.2 Å². The highest BCUT2D eigenvalue weighted by Crippen LogP contribution is 2.36. The molecule has 3 nitrogen and oxygen atoms in total. The maximum absolute atomic E-state index is 6.03. The zero-order valence-electron chi connectivity index (χ0n) is 9.09. The molecule has 2 rings (SSSR count). The molecule has 1 aliphatic rings. The Morgan fingerprint density at radius 3 is 2.44 bits per heavy atom. The minimum Gasteiger partial charge on any atom is -0.495 e. The molecule has 1 aliphatic heterocycles. The van der Waals surface area contributed by atoms with Crippen LogP contribution in [-0.4, -0.2) is 33.3 Å². The molecule has 88 valence electrons. The van der Waals surface area contributed by atoms with Gasteiger partial charge in [0.25, 0.3) is 0 Å². The summed E-state index contributed by atoms with van der Waals surface area (Å²) in [5, 5.41) is 4.40. The van der Waals surface area contributed by atoms with Crippen LogP contribution in [0.1, 0.15) is 0 Å². The van der Waals surface area contributed by atoms with Crippen molar-refractivity contribution in [2.45, 2.75) is 0 Å². The lowest BCUT2D eigenvalue weighted by Gasteiger charge is -2.30. The number of anilines is 1. The lowest BCUT2D eigenvalue weighted by atomic mass is 10.2. The Morgan fingerprint density at radius 2 is 1.81 bits per heavy atom. The third kappa shape index (κ3) is 2.37. The zero-order chi connectivity index (χ0) is 11.5. The predicted octanol–water partition coefficient (Wildman–Crippen LogP) is 2.41. The zero-order valence-corrected chi connectivity index (χ0v) is 10.6. The van der Waals surface area contributed by atoms with Gasteiger partial charge >= 0.3 is 0 Å². The molecule has 0 aliphatic carbocycles. The first kappa shape index (κ1) is 11.8. The Labute approximate surface area is 105 Å². The van der Waals surface area contributed by atoms with E-state index in [1.54, 1.807) is 13.2 Å². The van der Waals surface area contributed by atoms with E-state index in [1.807, 2.05) is 6.07 Å². The number of nitrogens with zero attached hydrogens (tertiary/aromatic N) is 1. The van der Waals surface area contributed by atoms with Crippen LogP contribution in [0, 0.1) is 0 Å². The van der Waals surface area contributed by atoms with Crippen molar-refractivity contribution < 1.29 is 4.74 Å². The van der Waals surface area contributed by atoms with E-state index in [-0.39, 0.29) is 0 Å². The first-order valence-corrected chi connectivity index (χ1v) is 5.96. The molecular weight excluding hydrogens is 247 g/mol. The van der Waals surface area contributed by atoms with E-state index in [4.69, 9.17) is 27.9 Å². The van der Waals surface area contributed by atoms with Crippen LogP contribution in [0.2, 0.25) is 10.0 Å². The summed E-state index contributed by atoms with van der Waals surface area (Å²) in [5.74, 6) is 0.774. The van der Waals surface area contributed by atoms with Crippen LogP contribution in [-0.2, 0) is 0 Å². The van der Waals surface area contributed by atoms with E-state index in [0.29, 0.717) is 10.0 Å². The smallest absolute Gasteiger partial charge is 0.143 e. The van der Waals surface area contributed by atoms with Crippen molar-refractivity contribution in [2.75, 3.05) is 38.2 Å². The fourth-order valence-corrected chi connectivity index (χ4v) is 2.15. The summed E-state index contributed by atoms with van der Waals surface area (Å²) >= 11 is 12.0. The average Bonchev–Trinajstić information content (AvgIpc) is 2.33. The number of ether oxygens (including phenoxy) is 1. The Bertz CT molecular complexity index is 378. The van der Waals surface area contributed by atoms with Crippen molar-refractivity contribution >= 4 is 28.9 Å². The van der Waals surface area contributed by atoms with Gasteiger partial charge in [0.2, 0.25) is 0 Å². The summed E-state index contributed by atoms with van der Waals surface area (Å²) in [6, 6.07) is 3.63. The van der Waals surface area contributed by atoms with Gasteiger partial charge in [0.05, 0.1) is 22.8 Å². The van der Waals surface area contributed by atoms with Crippen LogP contribution in [0.5, 0.6) is 5.75 Å². The van der Waals surface area contributed by atoms with Crippen molar-refractivity contribution in [3.05, 3.63) is 22.2 Å². The molecule has 1 aromatic rings. The highest BCUT2D eigenvalue weighted by atomic mass is 35.5. The lowest BCUT2D eigenvalue weighted by Crippen LogP contribution is -2.43. The Balaban J connectivity index is 2.33. The molecule has 0 radical (unpaired) electrons. The molecular formula is C11H14Cl2N2O. The van der Waals surface area contributed by atoms with E-state index in [0.717, 1.165) is 37.6 Å². The maximum atomic E-state index is 6.03. The summed E-state index contributed by atoms with van der Waals surface area (Å²) < 4.78 is 5.33. The van der Waals surface area contributed by atoms with E-state index in [1.165, 1.54) is 0 Å². The molecule has 0 bridgehead atoms. The molecule has 0 atom stereocenters. The molecule has 1 fully saturated rings. The Kier molecular flexibility index (Phi) is 3.79. The van der Waals surface area contributed by atoms with Crippen LogP contribution in [0.15, 0.2) is 12.1 Å². The molecule has 0 saturated carbocycles. The first-order chi connectivity index (χ1) is 7.72. The fraction of sp³-hybridized carbons (Fsp3) is 0.455. The second-order valence-electron chi connectivity index (χ2n) is 3.68. The highest BCUT2D eigenvalue weighted by molar-refractivity contribution is 6.42. The van der Waals surface area contributed by atoms with Gasteiger partial charge in [-0.05, 0) is 6.07 Å². The molecule has 1 aromatic carbocycles. The number of piperazine rings is 1. The SMILES string of the molecule is COc1cc(Cl)c(Cl)cc1N1CCNCC1. The fourth-order valence-electron chi connectivity index (χ4n) is 1.83. The molecule has 5 heteroatoms. The van der Waals surface area contributed by atoms with Crippen LogP contribution in [0.4, 0.5) is 5.69 Å². The summed E-state index contributed by atoms with van der Waals surface area (Å²) in [5.41, 5.74) is 1.01. The van der Waals surface area contributed by atoms with Crippen LogP contribution < -0.4 is 15.0 Å². The molecule has 0 spiro atoms. The summed E-state index contributed by atoms with van der Waals surface area (Å²) in [7, 11) is 1.64. The maximum Gasteiger partial charge on any atom is 0.143 e. The van der Waals surface area contributed by atoms with Crippen LogP contribution in [0.25, 0.3) is 0 Å². The topological polar surface area (TPSA) is 24.5 Å². The summed E-state index contributed by atoms with van der Waals surface area (Å²) in [6.45, 7) is 3.86. The number of nitrogens with one attached hydrogen (secondary N) is 1. The quantitative estimate of drug-likeness (QED) is 0.884. The average molecular weight is 261 g/mol. The van der Waals surface area contributed by atoms with Gasteiger partial charge in [0.1, 0.15) is 5.75 Å². The van der Waals surface area contributed by atoms with E-state index >= 15 is 0 Å². The van der Waals surface area contributed by atoms with Gasteiger partial charge in [-0.25, -0.2) is 0 Å². The second-order valence-corrected chi connectivity index (χ2v) is 4.49. The number of hydrogen-bond acceptors (Lipinski definition) is 3. The van der Waals surface area contributed by atoms with Gasteiger partial charge < -0.3 is 15.0 Å². The standard InChI is InChI=1S/C11H14Cl2N2O/c1-16-11-7-9(13)8(12)6-10(11)15-4-2-14-3-5-15/h6-7,14H,2-5H2,1H3. The van der Waals surface area contributed by atoms with Crippen LogP contribution in [0.3, 0.4) is 0 Å². The number of halogens is 2. The summed E-state index contributed by atoms with van der Waals surface area (Å²) in [6.07, 6.45) is 0. The van der Waals surface area contributed by atoms with Gasteiger partial charge in [0.15, 0.2) is 0 Å². The summed E-state index contributed by atoms with van der Waals surface area (Å²) in [4.78, 5) is 2.25. The molecule has 0 unspecified atom stereocenters. The van der Waals surface area contributed by atoms with Gasteiger partial charge in [-0.2, -0.15) is 0 Å². The molecule has 0 aromatic heterocycles. The van der Waals surface area contributed by atoms with Crippen molar-refractivity contribution in [1.82, 2.24) is 5.32 Å². The van der Waals surface area contributed by atoms with Gasteiger partial charge in [-0.3, -0.25) is 0 Å². The Hall–Kier alpha value is -0.640. The molecule has 1 N–H and O–H groups in total. The lowest BCUT2D eigenvalue weighted by molar-refractivity contribution is 0.413. The molecule has 1 heterocycles. The number of methoxy groups -OCH3 is 1. The third-order valence-corrected chi connectivity index (χ3v) is 3.40. The predicted molar refractivity (Wildman–Crippen MR) is 68.1 cm³/mol. The van der Waals surface area contributed by atoms with E-state index in [9.17, 15) is 0 Å². The number of benzene rings is 1. The monoisotopic (exact) mass is 260 g/mol. The van der Waals surface area contributed by atoms with Crippen molar-refractivity contribution in [3.63, 3.8) is 0 Å². The normalized spacial score (nSPS) is 16.3. The third-order valence-electron chi connectivity index (χ3n) is 2.68. The van der Waals surface area contributed by atoms with E-state index < -0.39 is 0 Å². The number of hydrogen-bond donors (Lipinski definition) is 1. The van der Waals surface area contributed by atoms with Crippen molar-refractivity contribution in [2.24, 2.45) is 0 Å².